The highest BCUT2D eigenvalue weighted by molar-refractivity contribution is 6.30. The van der Waals surface area contributed by atoms with Crippen LogP contribution in [0.25, 0.3) is 11.3 Å². The van der Waals surface area contributed by atoms with Gasteiger partial charge in [-0.05, 0) is 61.7 Å². The first-order valence-electron chi connectivity index (χ1n) is 11.1. The van der Waals surface area contributed by atoms with Crippen molar-refractivity contribution >= 4 is 17.3 Å². The lowest BCUT2D eigenvalue weighted by Gasteiger charge is -2.39. The van der Waals surface area contributed by atoms with Crippen LogP contribution in [0.15, 0.2) is 60.8 Å². The lowest BCUT2D eigenvalue weighted by atomic mass is 10.1. The van der Waals surface area contributed by atoms with Crippen LogP contribution < -0.4 is 9.64 Å². The van der Waals surface area contributed by atoms with E-state index < -0.39 is 0 Å². The molecule has 1 aliphatic carbocycles. The minimum Gasteiger partial charge on any atom is -0.496 e. The largest absolute Gasteiger partial charge is 0.496 e. The van der Waals surface area contributed by atoms with E-state index in [2.05, 4.69) is 44.9 Å². The predicted molar refractivity (Wildman–Crippen MR) is 126 cm³/mol. The maximum Gasteiger partial charge on any atom is 0.128 e. The van der Waals surface area contributed by atoms with E-state index in [1.54, 1.807) is 7.11 Å². The number of piperazine rings is 1. The lowest BCUT2D eigenvalue weighted by molar-refractivity contribution is 0.183. The van der Waals surface area contributed by atoms with Crippen molar-refractivity contribution in [2.75, 3.05) is 38.2 Å². The van der Waals surface area contributed by atoms with E-state index in [1.165, 1.54) is 24.9 Å². The highest BCUT2D eigenvalue weighted by Gasteiger charge is 2.32. The topological polar surface area (TPSA) is 33.5 Å². The second-order valence-electron chi connectivity index (χ2n) is 8.50. The quantitative estimate of drug-likeness (QED) is 0.555. The number of methoxy groups -OCH3 is 1. The molecule has 6 heteroatoms. The van der Waals surface area contributed by atoms with Crippen molar-refractivity contribution in [3.05, 3.63) is 65.8 Å². The SMILES string of the molecule is COc1ccccc1-c1ccn([C@H]2CC[C@H](N3CCN(c4ccc(Cl)cc4)CC3)C2)n1. The molecule has 2 aliphatic rings. The van der Waals surface area contributed by atoms with Crippen molar-refractivity contribution in [3.8, 4) is 17.0 Å². The molecule has 0 bridgehead atoms. The molecule has 3 aromatic rings. The summed E-state index contributed by atoms with van der Waals surface area (Å²) < 4.78 is 7.68. The van der Waals surface area contributed by atoms with Crippen LogP contribution in [0, 0.1) is 0 Å². The van der Waals surface area contributed by atoms with Gasteiger partial charge in [-0.25, -0.2) is 0 Å². The van der Waals surface area contributed by atoms with Crippen molar-refractivity contribution in [2.24, 2.45) is 0 Å². The van der Waals surface area contributed by atoms with Crippen LogP contribution in [0.2, 0.25) is 5.02 Å². The summed E-state index contributed by atoms with van der Waals surface area (Å²) in [4.78, 5) is 5.14. The Kier molecular flexibility index (Phi) is 5.88. The Morgan fingerprint density at radius 3 is 2.42 bits per heavy atom. The first kappa shape index (κ1) is 20.4. The molecule has 1 aromatic heterocycles. The summed E-state index contributed by atoms with van der Waals surface area (Å²) >= 11 is 6.04. The Labute approximate surface area is 189 Å². The number of aromatic nitrogens is 2. The molecule has 5 rings (SSSR count). The van der Waals surface area contributed by atoms with Crippen LogP contribution >= 0.6 is 11.6 Å². The lowest BCUT2D eigenvalue weighted by Crippen LogP contribution is -2.49. The standard InChI is InChI=1S/C25H29ClN4O/c1-31-25-5-3-2-4-23(25)24-12-13-30(27-24)22-11-10-21(18-22)29-16-14-28(15-17-29)20-8-6-19(26)7-9-20/h2-9,12-13,21-22H,10-11,14-18H2,1H3/t21-,22-/m0/s1. The maximum atomic E-state index is 6.04. The van der Waals surface area contributed by atoms with Gasteiger partial charge in [-0.1, -0.05) is 23.7 Å². The molecule has 1 saturated carbocycles. The van der Waals surface area contributed by atoms with Crippen molar-refractivity contribution in [1.82, 2.24) is 14.7 Å². The van der Waals surface area contributed by atoms with Gasteiger partial charge in [0.1, 0.15) is 5.75 Å². The minimum absolute atomic E-state index is 0.475. The fourth-order valence-corrected chi connectivity index (χ4v) is 5.17. The summed E-state index contributed by atoms with van der Waals surface area (Å²) in [5.74, 6) is 0.871. The molecule has 31 heavy (non-hydrogen) atoms. The summed E-state index contributed by atoms with van der Waals surface area (Å²) in [6, 6.07) is 19.5. The van der Waals surface area contributed by atoms with E-state index in [1.807, 2.05) is 30.3 Å². The van der Waals surface area contributed by atoms with Crippen molar-refractivity contribution < 1.29 is 4.74 Å². The molecule has 0 radical (unpaired) electrons. The van der Waals surface area contributed by atoms with Crippen molar-refractivity contribution in [1.29, 1.82) is 0 Å². The molecule has 1 saturated heterocycles. The second kappa shape index (κ2) is 8.93. The zero-order chi connectivity index (χ0) is 21.2. The van der Waals surface area contributed by atoms with Gasteiger partial charge in [-0.3, -0.25) is 9.58 Å². The average Bonchev–Trinajstić information content (AvgIpc) is 3.50. The van der Waals surface area contributed by atoms with E-state index in [4.69, 9.17) is 21.4 Å². The molecule has 0 unspecified atom stereocenters. The van der Waals surface area contributed by atoms with Crippen LogP contribution in [0.3, 0.4) is 0 Å². The number of hydrogen-bond donors (Lipinski definition) is 0. The van der Waals surface area contributed by atoms with E-state index in [0.717, 1.165) is 48.2 Å². The van der Waals surface area contributed by atoms with E-state index in [0.29, 0.717) is 12.1 Å². The molecular formula is C25H29ClN4O. The summed E-state index contributed by atoms with van der Waals surface area (Å²) in [6.45, 7) is 4.38. The highest BCUT2D eigenvalue weighted by atomic mass is 35.5. The monoisotopic (exact) mass is 436 g/mol. The Morgan fingerprint density at radius 1 is 0.903 bits per heavy atom. The number of benzene rings is 2. The van der Waals surface area contributed by atoms with E-state index >= 15 is 0 Å². The number of nitrogens with zero attached hydrogens (tertiary/aromatic N) is 4. The van der Waals surface area contributed by atoms with Gasteiger partial charge in [0, 0.05) is 54.7 Å². The molecule has 0 N–H and O–H groups in total. The minimum atomic E-state index is 0.475. The maximum absolute atomic E-state index is 6.04. The Hall–Kier alpha value is -2.50. The third-order valence-corrected chi connectivity index (χ3v) is 7.02. The molecule has 1 aliphatic heterocycles. The third kappa shape index (κ3) is 4.30. The molecular weight excluding hydrogens is 408 g/mol. The van der Waals surface area contributed by atoms with Crippen LogP contribution in [0.5, 0.6) is 5.75 Å². The Morgan fingerprint density at radius 2 is 1.65 bits per heavy atom. The van der Waals surface area contributed by atoms with Gasteiger partial charge in [0.05, 0.1) is 18.8 Å². The van der Waals surface area contributed by atoms with Crippen molar-refractivity contribution in [2.45, 2.75) is 31.3 Å². The molecule has 0 spiro atoms. The van der Waals surface area contributed by atoms with Gasteiger partial charge in [0.25, 0.3) is 0 Å². The predicted octanol–water partition coefficient (Wildman–Crippen LogP) is 5.13. The van der Waals surface area contributed by atoms with Gasteiger partial charge in [0.15, 0.2) is 0 Å². The number of anilines is 1. The average molecular weight is 437 g/mol. The Bertz CT molecular complexity index is 1010. The second-order valence-corrected chi connectivity index (χ2v) is 8.94. The number of ether oxygens (including phenoxy) is 1. The molecule has 2 fully saturated rings. The van der Waals surface area contributed by atoms with Crippen molar-refractivity contribution in [3.63, 3.8) is 0 Å². The fourth-order valence-electron chi connectivity index (χ4n) is 5.04. The molecule has 162 valence electrons. The van der Waals surface area contributed by atoms with Gasteiger partial charge >= 0.3 is 0 Å². The Balaban J connectivity index is 1.19. The highest BCUT2D eigenvalue weighted by Crippen LogP contribution is 2.35. The molecule has 2 atom stereocenters. The van der Waals surface area contributed by atoms with E-state index in [9.17, 15) is 0 Å². The summed E-state index contributed by atoms with van der Waals surface area (Å²) in [7, 11) is 1.71. The number of halogens is 1. The van der Waals surface area contributed by atoms with Gasteiger partial charge in [0.2, 0.25) is 0 Å². The zero-order valence-electron chi connectivity index (χ0n) is 18.0. The zero-order valence-corrected chi connectivity index (χ0v) is 18.7. The van der Waals surface area contributed by atoms with Gasteiger partial charge < -0.3 is 9.64 Å². The normalized spacial score (nSPS) is 22.1. The smallest absolute Gasteiger partial charge is 0.128 e. The summed E-state index contributed by atoms with van der Waals surface area (Å²) in [5, 5.41) is 5.71. The first-order valence-corrected chi connectivity index (χ1v) is 11.5. The molecule has 5 nitrogen and oxygen atoms in total. The molecule has 0 amide bonds. The number of rotatable bonds is 5. The third-order valence-electron chi connectivity index (χ3n) is 6.77. The fraction of sp³-hybridized carbons (Fsp3) is 0.400. The summed E-state index contributed by atoms with van der Waals surface area (Å²) in [6.07, 6.45) is 5.74. The number of hydrogen-bond acceptors (Lipinski definition) is 4. The van der Waals surface area contributed by atoms with Gasteiger partial charge in [-0.2, -0.15) is 5.10 Å². The van der Waals surface area contributed by atoms with E-state index in [-0.39, 0.29) is 0 Å². The number of para-hydroxylation sites is 1. The van der Waals surface area contributed by atoms with Gasteiger partial charge in [-0.15, -0.1) is 0 Å². The van der Waals surface area contributed by atoms with Crippen LogP contribution in [0.4, 0.5) is 5.69 Å². The summed E-state index contributed by atoms with van der Waals surface area (Å²) in [5.41, 5.74) is 3.31. The van der Waals surface area contributed by atoms with Crippen LogP contribution in [0.1, 0.15) is 25.3 Å². The molecule has 2 aromatic carbocycles. The first-order chi connectivity index (χ1) is 15.2. The van der Waals surface area contributed by atoms with Crippen LogP contribution in [-0.2, 0) is 0 Å². The molecule has 2 heterocycles. The van der Waals surface area contributed by atoms with Crippen LogP contribution in [-0.4, -0.2) is 54.0 Å².